The maximum atomic E-state index is 13.5. The summed E-state index contributed by atoms with van der Waals surface area (Å²) in [5.74, 6) is 0.563. The molecule has 1 saturated carbocycles. The first-order chi connectivity index (χ1) is 10.1. The smallest absolute Gasteiger partial charge is 0.124 e. The van der Waals surface area contributed by atoms with E-state index in [4.69, 9.17) is 9.47 Å². The SMILES string of the molecule is COC1CCCC(Oc2ccc(F)cc2CNC(C)C)C1. The van der Waals surface area contributed by atoms with Gasteiger partial charge in [0.25, 0.3) is 0 Å². The summed E-state index contributed by atoms with van der Waals surface area (Å²) in [5, 5.41) is 3.32. The maximum absolute atomic E-state index is 13.5. The van der Waals surface area contributed by atoms with E-state index in [0.29, 0.717) is 12.6 Å². The molecule has 0 amide bonds. The number of hydrogen-bond donors (Lipinski definition) is 1. The summed E-state index contributed by atoms with van der Waals surface area (Å²) in [4.78, 5) is 0. The van der Waals surface area contributed by atoms with Gasteiger partial charge in [-0.2, -0.15) is 0 Å². The van der Waals surface area contributed by atoms with Crippen LogP contribution in [0.4, 0.5) is 4.39 Å². The lowest BCUT2D eigenvalue weighted by molar-refractivity contribution is 0.0206. The zero-order valence-electron chi connectivity index (χ0n) is 13.2. The van der Waals surface area contributed by atoms with E-state index in [1.54, 1.807) is 19.2 Å². The van der Waals surface area contributed by atoms with Crippen molar-refractivity contribution in [3.63, 3.8) is 0 Å². The second-order valence-corrected chi connectivity index (χ2v) is 6.05. The van der Waals surface area contributed by atoms with E-state index in [1.807, 2.05) is 0 Å². The Morgan fingerprint density at radius 3 is 2.76 bits per heavy atom. The van der Waals surface area contributed by atoms with Crippen molar-refractivity contribution in [1.29, 1.82) is 0 Å². The fraction of sp³-hybridized carbons (Fsp3) is 0.647. The van der Waals surface area contributed by atoms with Crippen LogP contribution in [0.1, 0.15) is 45.1 Å². The van der Waals surface area contributed by atoms with E-state index < -0.39 is 0 Å². The standard InChI is InChI=1S/C17H26FNO2/c1-12(2)19-11-13-9-14(18)7-8-17(13)21-16-6-4-5-15(10-16)20-3/h7-9,12,15-16,19H,4-6,10-11H2,1-3H3. The van der Waals surface area contributed by atoms with Crippen LogP contribution in [-0.4, -0.2) is 25.4 Å². The minimum Gasteiger partial charge on any atom is -0.490 e. The van der Waals surface area contributed by atoms with Gasteiger partial charge in [0, 0.05) is 31.7 Å². The van der Waals surface area contributed by atoms with Gasteiger partial charge in [-0.15, -0.1) is 0 Å². The lowest BCUT2D eigenvalue weighted by Gasteiger charge is -2.29. The Labute approximate surface area is 126 Å². The van der Waals surface area contributed by atoms with Crippen LogP contribution in [0.3, 0.4) is 0 Å². The molecule has 1 N–H and O–H groups in total. The summed E-state index contributed by atoms with van der Waals surface area (Å²) in [6.45, 7) is 4.76. The van der Waals surface area contributed by atoms with Gasteiger partial charge in [0.05, 0.1) is 6.10 Å². The molecule has 1 aromatic rings. The van der Waals surface area contributed by atoms with Crippen molar-refractivity contribution in [2.75, 3.05) is 7.11 Å². The van der Waals surface area contributed by atoms with Crippen molar-refractivity contribution in [3.05, 3.63) is 29.6 Å². The quantitative estimate of drug-likeness (QED) is 0.869. The summed E-state index contributed by atoms with van der Waals surface area (Å²) >= 11 is 0. The first kappa shape index (κ1) is 16.2. The molecule has 4 heteroatoms. The summed E-state index contributed by atoms with van der Waals surface area (Å²) in [7, 11) is 1.75. The minimum absolute atomic E-state index is 0.159. The van der Waals surface area contributed by atoms with E-state index in [1.165, 1.54) is 6.07 Å². The zero-order valence-corrected chi connectivity index (χ0v) is 13.2. The predicted octanol–water partition coefficient (Wildman–Crippen LogP) is 3.66. The number of halogens is 1. The van der Waals surface area contributed by atoms with Crippen LogP contribution in [0.5, 0.6) is 5.75 Å². The molecule has 1 aliphatic carbocycles. The Balaban J connectivity index is 2.04. The van der Waals surface area contributed by atoms with Gasteiger partial charge in [0.2, 0.25) is 0 Å². The molecule has 1 aromatic carbocycles. The highest BCUT2D eigenvalue weighted by molar-refractivity contribution is 5.34. The van der Waals surface area contributed by atoms with Crippen LogP contribution in [0.15, 0.2) is 18.2 Å². The Kier molecular flexibility index (Phi) is 6.00. The van der Waals surface area contributed by atoms with E-state index >= 15 is 0 Å². The number of methoxy groups -OCH3 is 1. The summed E-state index contributed by atoms with van der Waals surface area (Å²) in [6, 6.07) is 5.11. The summed E-state index contributed by atoms with van der Waals surface area (Å²) < 4.78 is 25.0. The first-order valence-electron chi connectivity index (χ1n) is 7.79. The van der Waals surface area contributed by atoms with E-state index in [2.05, 4.69) is 19.2 Å². The van der Waals surface area contributed by atoms with Gasteiger partial charge in [-0.1, -0.05) is 13.8 Å². The highest BCUT2D eigenvalue weighted by Crippen LogP contribution is 2.28. The van der Waals surface area contributed by atoms with E-state index in [9.17, 15) is 4.39 Å². The molecular formula is C17H26FNO2. The number of nitrogens with one attached hydrogen (secondary N) is 1. The number of rotatable bonds is 6. The van der Waals surface area contributed by atoms with Gasteiger partial charge >= 0.3 is 0 Å². The average molecular weight is 295 g/mol. The molecular weight excluding hydrogens is 269 g/mol. The Hall–Kier alpha value is -1.13. The second kappa shape index (κ2) is 7.76. The lowest BCUT2D eigenvalue weighted by Crippen LogP contribution is -2.30. The fourth-order valence-corrected chi connectivity index (χ4v) is 2.72. The third-order valence-electron chi connectivity index (χ3n) is 3.93. The third kappa shape index (κ3) is 4.97. The van der Waals surface area contributed by atoms with Crippen LogP contribution in [-0.2, 0) is 11.3 Å². The molecule has 0 bridgehead atoms. The van der Waals surface area contributed by atoms with Crippen molar-refractivity contribution in [3.8, 4) is 5.75 Å². The maximum Gasteiger partial charge on any atom is 0.124 e. The van der Waals surface area contributed by atoms with Gasteiger partial charge < -0.3 is 14.8 Å². The monoisotopic (exact) mass is 295 g/mol. The van der Waals surface area contributed by atoms with Crippen molar-refractivity contribution in [1.82, 2.24) is 5.32 Å². The van der Waals surface area contributed by atoms with Crippen LogP contribution in [0, 0.1) is 5.82 Å². The van der Waals surface area contributed by atoms with Gasteiger partial charge in [0.1, 0.15) is 17.7 Å². The lowest BCUT2D eigenvalue weighted by atomic mass is 9.95. The van der Waals surface area contributed by atoms with Crippen LogP contribution < -0.4 is 10.1 Å². The molecule has 21 heavy (non-hydrogen) atoms. The van der Waals surface area contributed by atoms with Crippen LogP contribution in [0.25, 0.3) is 0 Å². The molecule has 0 radical (unpaired) electrons. The molecule has 2 rings (SSSR count). The van der Waals surface area contributed by atoms with E-state index in [-0.39, 0.29) is 18.0 Å². The normalized spacial score (nSPS) is 22.5. The number of benzene rings is 1. The summed E-state index contributed by atoms with van der Waals surface area (Å²) in [6.07, 6.45) is 4.60. The molecule has 1 fully saturated rings. The van der Waals surface area contributed by atoms with Gasteiger partial charge in [0.15, 0.2) is 0 Å². The number of hydrogen-bond acceptors (Lipinski definition) is 3. The molecule has 3 nitrogen and oxygen atoms in total. The van der Waals surface area contributed by atoms with Crippen LogP contribution >= 0.6 is 0 Å². The van der Waals surface area contributed by atoms with Crippen molar-refractivity contribution < 1.29 is 13.9 Å². The minimum atomic E-state index is -0.221. The molecule has 0 aromatic heterocycles. The molecule has 118 valence electrons. The molecule has 0 heterocycles. The average Bonchev–Trinajstić information content (AvgIpc) is 2.47. The van der Waals surface area contributed by atoms with Crippen molar-refractivity contribution >= 4 is 0 Å². The highest BCUT2D eigenvalue weighted by atomic mass is 19.1. The molecule has 2 atom stereocenters. The van der Waals surface area contributed by atoms with Gasteiger partial charge in [-0.05, 0) is 37.5 Å². The summed E-state index contributed by atoms with van der Waals surface area (Å²) in [5.41, 5.74) is 0.878. The van der Waals surface area contributed by atoms with Crippen LogP contribution in [0.2, 0.25) is 0 Å². The molecule has 1 aliphatic rings. The Morgan fingerprint density at radius 1 is 1.29 bits per heavy atom. The molecule has 2 unspecified atom stereocenters. The fourth-order valence-electron chi connectivity index (χ4n) is 2.72. The first-order valence-corrected chi connectivity index (χ1v) is 7.79. The van der Waals surface area contributed by atoms with E-state index in [0.717, 1.165) is 37.0 Å². The van der Waals surface area contributed by atoms with Crippen molar-refractivity contribution in [2.45, 2.75) is 64.3 Å². The Morgan fingerprint density at radius 2 is 2.05 bits per heavy atom. The topological polar surface area (TPSA) is 30.5 Å². The largest absolute Gasteiger partial charge is 0.490 e. The number of ether oxygens (including phenoxy) is 2. The van der Waals surface area contributed by atoms with Gasteiger partial charge in [-0.3, -0.25) is 0 Å². The molecule has 0 saturated heterocycles. The zero-order chi connectivity index (χ0) is 15.2. The molecule has 0 aliphatic heterocycles. The second-order valence-electron chi connectivity index (χ2n) is 6.05. The van der Waals surface area contributed by atoms with Crippen molar-refractivity contribution in [2.24, 2.45) is 0 Å². The highest BCUT2D eigenvalue weighted by Gasteiger charge is 2.23. The Bertz CT molecular complexity index is 450. The predicted molar refractivity (Wildman–Crippen MR) is 82.1 cm³/mol. The van der Waals surface area contributed by atoms with Gasteiger partial charge in [-0.25, -0.2) is 4.39 Å². The third-order valence-corrected chi connectivity index (χ3v) is 3.93. The molecule has 0 spiro atoms.